The second kappa shape index (κ2) is 5.83. The van der Waals surface area contributed by atoms with Gasteiger partial charge in [0.2, 0.25) is 0 Å². The Morgan fingerprint density at radius 1 is 1.10 bits per heavy atom. The number of rotatable bonds is 3. The van der Waals surface area contributed by atoms with E-state index in [1.807, 2.05) is 0 Å². The molecule has 0 aliphatic rings. The summed E-state index contributed by atoms with van der Waals surface area (Å²) in [6.45, 7) is 0. The maximum atomic E-state index is 12.0. The minimum absolute atomic E-state index is 0.0119. The summed E-state index contributed by atoms with van der Waals surface area (Å²) in [6, 6.07) is 9.45. The van der Waals surface area contributed by atoms with Gasteiger partial charge in [0.25, 0.3) is 17.4 Å². The van der Waals surface area contributed by atoms with E-state index in [4.69, 9.17) is 0 Å². The average molecular weight is 271 g/mol. The van der Waals surface area contributed by atoms with Crippen LogP contribution in [0.15, 0.2) is 47.4 Å². The molecular weight excluding hydrogens is 258 g/mol. The fourth-order valence-corrected chi connectivity index (χ4v) is 1.68. The molecule has 1 aromatic heterocycles. The summed E-state index contributed by atoms with van der Waals surface area (Å²) in [6.07, 6.45) is 1.45. The van der Waals surface area contributed by atoms with Crippen molar-refractivity contribution in [3.8, 4) is 0 Å². The highest BCUT2D eigenvalue weighted by Gasteiger charge is 2.11. The van der Waals surface area contributed by atoms with E-state index in [1.165, 1.54) is 25.4 Å². The summed E-state index contributed by atoms with van der Waals surface area (Å²) >= 11 is 0. The smallest absolute Gasteiger partial charge is 0.261 e. The quantitative estimate of drug-likeness (QED) is 0.777. The molecule has 1 aromatic carbocycles. The fourth-order valence-electron chi connectivity index (χ4n) is 1.68. The zero-order chi connectivity index (χ0) is 14.5. The number of H-pyrrole nitrogens is 1. The van der Waals surface area contributed by atoms with Crippen LogP contribution < -0.4 is 16.2 Å². The topological polar surface area (TPSA) is 91.1 Å². The van der Waals surface area contributed by atoms with Crippen LogP contribution in [0.25, 0.3) is 0 Å². The van der Waals surface area contributed by atoms with Gasteiger partial charge in [-0.2, -0.15) is 0 Å². The van der Waals surface area contributed by atoms with Gasteiger partial charge in [0, 0.05) is 24.5 Å². The van der Waals surface area contributed by atoms with Crippen LogP contribution in [-0.4, -0.2) is 23.8 Å². The van der Waals surface area contributed by atoms with Crippen LogP contribution in [0.3, 0.4) is 0 Å². The Kier molecular flexibility index (Phi) is 3.95. The first-order valence-corrected chi connectivity index (χ1v) is 5.93. The molecule has 20 heavy (non-hydrogen) atoms. The van der Waals surface area contributed by atoms with Gasteiger partial charge in [-0.05, 0) is 30.3 Å². The van der Waals surface area contributed by atoms with Crippen molar-refractivity contribution < 1.29 is 9.59 Å². The predicted molar refractivity (Wildman–Crippen MR) is 74.8 cm³/mol. The first-order chi connectivity index (χ1) is 9.61. The van der Waals surface area contributed by atoms with E-state index in [9.17, 15) is 14.4 Å². The number of amides is 2. The lowest BCUT2D eigenvalue weighted by Gasteiger charge is -2.06. The van der Waals surface area contributed by atoms with Gasteiger partial charge in [-0.15, -0.1) is 0 Å². The van der Waals surface area contributed by atoms with Gasteiger partial charge >= 0.3 is 0 Å². The second-order valence-electron chi connectivity index (χ2n) is 4.03. The Bertz CT molecular complexity index is 707. The molecule has 2 aromatic rings. The van der Waals surface area contributed by atoms with Crippen molar-refractivity contribution in [2.45, 2.75) is 0 Å². The van der Waals surface area contributed by atoms with Crippen molar-refractivity contribution in [1.29, 1.82) is 0 Å². The first-order valence-electron chi connectivity index (χ1n) is 5.93. The number of hydrogen-bond acceptors (Lipinski definition) is 3. The summed E-state index contributed by atoms with van der Waals surface area (Å²) in [5, 5.41) is 5.08. The highest BCUT2D eigenvalue weighted by molar-refractivity contribution is 6.04. The number of benzene rings is 1. The van der Waals surface area contributed by atoms with Crippen molar-refractivity contribution >= 4 is 17.5 Å². The molecule has 0 atom stereocenters. The third-order valence-electron chi connectivity index (χ3n) is 2.67. The molecule has 0 saturated carbocycles. The van der Waals surface area contributed by atoms with Crippen LogP contribution in [0.2, 0.25) is 0 Å². The van der Waals surface area contributed by atoms with Crippen molar-refractivity contribution in [1.82, 2.24) is 10.3 Å². The fraction of sp³-hybridized carbons (Fsp3) is 0.0714. The monoisotopic (exact) mass is 271 g/mol. The molecule has 0 aliphatic carbocycles. The number of aromatic nitrogens is 1. The molecular formula is C14H13N3O3. The van der Waals surface area contributed by atoms with Crippen molar-refractivity contribution in [2.75, 3.05) is 12.4 Å². The molecule has 102 valence electrons. The summed E-state index contributed by atoms with van der Waals surface area (Å²) in [4.78, 5) is 37.4. The Morgan fingerprint density at radius 3 is 2.60 bits per heavy atom. The zero-order valence-electron chi connectivity index (χ0n) is 10.8. The van der Waals surface area contributed by atoms with Crippen LogP contribution in [-0.2, 0) is 0 Å². The van der Waals surface area contributed by atoms with E-state index in [0.29, 0.717) is 11.3 Å². The Hall–Kier alpha value is -2.89. The lowest BCUT2D eigenvalue weighted by molar-refractivity contribution is 0.0961. The molecule has 0 radical (unpaired) electrons. The van der Waals surface area contributed by atoms with Crippen LogP contribution >= 0.6 is 0 Å². The molecule has 6 heteroatoms. The van der Waals surface area contributed by atoms with E-state index in [1.54, 1.807) is 24.3 Å². The van der Waals surface area contributed by atoms with E-state index < -0.39 is 11.5 Å². The summed E-state index contributed by atoms with van der Waals surface area (Å²) in [5.41, 5.74) is 0.414. The largest absolute Gasteiger partial charge is 0.355 e. The Balaban J connectivity index is 2.22. The van der Waals surface area contributed by atoms with Gasteiger partial charge in [0.1, 0.15) is 5.56 Å². The van der Waals surface area contributed by atoms with Crippen molar-refractivity contribution in [3.05, 3.63) is 64.1 Å². The number of carbonyl (C=O) groups excluding carboxylic acids is 2. The molecule has 0 aliphatic heterocycles. The number of aromatic amines is 1. The van der Waals surface area contributed by atoms with Gasteiger partial charge in [-0.3, -0.25) is 14.4 Å². The van der Waals surface area contributed by atoms with E-state index in [-0.39, 0.29) is 11.5 Å². The molecule has 6 nitrogen and oxygen atoms in total. The van der Waals surface area contributed by atoms with Crippen LogP contribution in [0.5, 0.6) is 0 Å². The SMILES string of the molecule is CNC(=O)c1cccc(NC(=O)c2ccc[nH]c2=O)c1. The molecule has 0 spiro atoms. The molecule has 0 unspecified atom stereocenters. The average Bonchev–Trinajstić information content (AvgIpc) is 2.47. The van der Waals surface area contributed by atoms with Gasteiger partial charge in [-0.1, -0.05) is 6.07 Å². The summed E-state index contributed by atoms with van der Waals surface area (Å²) in [7, 11) is 1.52. The third kappa shape index (κ3) is 2.92. The predicted octanol–water partition coefficient (Wildman–Crippen LogP) is 0.987. The number of pyridine rings is 1. The first kappa shape index (κ1) is 13.5. The second-order valence-corrected chi connectivity index (χ2v) is 4.03. The molecule has 2 rings (SSSR count). The summed E-state index contributed by atoms with van der Waals surface area (Å²) < 4.78 is 0. The van der Waals surface area contributed by atoms with Crippen molar-refractivity contribution in [3.63, 3.8) is 0 Å². The molecule has 2 amide bonds. The minimum Gasteiger partial charge on any atom is -0.355 e. The minimum atomic E-state index is -0.527. The van der Waals surface area contributed by atoms with Crippen molar-refractivity contribution in [2.24, 2.45) is 0 Å². The van der Waals surface area contributed by atoms with E-state index in [2.05, 4.69) is 15.6 Å². The van der Waals surface area contributed by atoms with Gasteiger partial charge < -0.3 is 15.6 Å². The lowest BCUT2D eigenvalue weighted by Crippen LogP contribution is -2.23. The lowest BCUT2D eigenvalue weighted by atomic mass is 10.2. The molecule has 1 heterocycles. The number of carbonyl (C=O) groups is 2. The van der Waals surface area contributed by atoms with Gasteiger partial charge in [0.15, 0.2) is 0 Å². The highest BCUT2D eigenvalue weighted by atomic mass is 16.2. The maximum absolute atomic E-state index is 12.0. The maximum Gasteiger partial charge on any atom is 0.261 e. The van der Waals surface area contributed by atoms with Crippen LogP contribution in [0, 0.1) is 0 Å². The summed E-state index contributed by atoms with van der Waals surface area (Å²) in [5.74, 6) is -0.778. The third-order valence-corrected chi connectivity index (χ3v) is 2.67. The van der Waals surface area contributed by atoms with E-state index in [0.717, 1.165) is 0 Å². The standard InChI is InChI=1S/C14H13N3O3/c1-15-12(18)9-4-2-5-10(8-9)17-14(20)11-6-3-7-16-13(11)19/h2-8H,1H3,(H,15,18)(H,16,19)(H,17,20). The number of nitrogens with one attached hydrogen (secondary N) is 3. The Morgan fingerprint density at radius 2 is 1.90 bits per heavy atom. The van der Waals surface area contributed by atoms with E-state index >= 15 is 0 Å². The van der Waals surface area contributed by atoms with Crippen LogP contribution in [0.1, 0.15) is 20.7 Å². The normalized spacial score (nSPS) is 9.85. The number of hydrogen-bond donors (Lipinski definition) is 3. The Labute approximate surface area is 114 Å². The molecule has 0 fully saturated rings. The highest BCUT2D eigenvalue weighted by Crippen LogP contribution is 2.11. The molecule has 3 N–H and O–H groups in total. The zero-order valence-corrected chi connectivity index (χ0v) is 10.8. The number of anilines is 1. The van der Waals surface area contributed by atoms with Gasteiger partial charge in [-0.25, -0.2) is 0 Å². The molecule has 0 bridgehead atoms. The molecule has 0 saturated heterocycles. The van der Waals surface area contributed by atoms with Crippen LogP contribution in [0.4, 0.5) is 5.69 Å². The van der Waals surface area contributed by atoms with Gasteiger partial charge in [0.05, 0.1) is 0 Å².